The van der Waals surface area contributed by atoms with Gasteiger partial charge >= 0.3 is 0 Å². The molecule has 0 bridgehead atoms. The number of sulfonamides is 1. The quantitative estimate of drug-likeness (QED) is 0.330. The number of fused-ring (bicyclic) bond motifs is 2. The number of nitrogens with zero attached hydrogens (tertiary/aromatic N) is 2. The molecule has 0 saturated carbocycles. The van der Waals surface area contributed by atoms with Gasteiger partial charge in [0.25, 0.3) is 5.91 Å². The average molecular weight is 566 g/mol. The topological polar surface area (TPSA) is 88.2 Å². The minimum absolute atomic E-state index is 0.265. The minimum Gasteiger partial charge on any atom is -0.491 e. The summed E-state index contributed by atoms with van der Waals surface area (Å²) in [6, 6.07) is 18.7. The smallest absolute Gasteiger partial charge is 0.260 e. The number of ether oxygens (including phenoxy) is 2. The lowest BCUT2D eigenvalue weighted by atomic mass is 10.1. The Bertz CT molecular complexity index is 1610. The zero-order valence-corrected chi connectivity index (χ0v) is 23.2. The molecule has 3 heterocycles. The number of carbonyl (C=O) groups excluding carboxylic acids is 1. The summed E-state index contributed by atoms with van der Waals surface area (Å²) in [5.41, 5.74) is 0.463. The van der Waals surface area contributed by atoms with E-state index < -0.39 is 10.0 Å². The highest BCUT2D eigenvalue weighted by molar-refractivity contribution is 7.89. The third-order valence-corrected chi connectivity index (χ3v) is 10.2. The highest BCUT2D eigenvalue weighted by Crippen LogP contribution is 2.34. The molecular formula is C29H31N3O5S2. The van der Waals surface area contributed by atoms with E-state index in [0.717, 1.165) is 66.5 Å². The Balaban J connectivity index is 1.23. The van der Waals surface area contributed by atoms with Crippen molar-refractivity contribution in [3.8, 4) is 5.75 Å². The standard InChI is InChI=1S/C29H31N3O5S2/c33-29(30-28-19-23-7-8-24(20-27(23)38-28)39(34,35)32-9-3-4-10-32)25-17-21-5-1-2-6-22(21)18-26(25)37-16-13-31-11-14-36-15-12-31/h1-2,5-8,17-20H,3-4,9-16H2,(H,30,33). The Labute approximate surface area is 232 Å². The molecule has 0 radical (unpaired) electrons. The van der Waals surface area contributed by atoms with E-state index in [1.54, 1.807) is 22.5 Å². The number of carbonyl (C=O) groups is 1. The van der Waals surface area contributed by atoms with Gasteiger partial charge in [0.1, 0.15) is 12.4 Å². The number of morpholine rings is 1. The van der Waals surface area contributed by atoms with Crippen molar-refractivity contribution in [1.82, 2.24) is 9.21 Å². The van der Waals surface area contributed by atoms with E-state index >= 15 is 0 Å². The zero-order chi connectivity index (χ0) is 26.8. The first-order chi connectivity index (χ1) is 19.0. The van der Waals surface area contributed by atoms with Crippen LogP contribution >= 0.6 is 11.3 Å². The van der Waals surface area contributed by atoms with E-state index in [2.05, 4.69) is 10.2 Å². The number of rotatable bonds is 8. The van der Waals surface area contributed by atoms with Crippen LogP contribution in [-0.4, -0.2) is 76.1 Å². The molecule has 0 aliphatic carbocycles. The van der Waals surface area contributed by atoms with Crippen molar-refractivity contribution in [3.63, 3.8) is 0 Å². The van der Waals surface area contributed by atoms with Gasteiger partial charge in [-0.1, -0.05) is 30.3 Å². The molecule has 3 aromatic carbocycles. The molecule has 1 amide bonds. The number of thiophene rings is 1. The zero-order valence-electron chi connectivity index (χ0n) is 21.6. The highest BCUT2D eigenvalue weighted by atomic mass is 32.2. The maximum Gasteiger partial charge on any atom is 0.260 e. The maximum absolute atomic E-state index is 13.5. The van der Waals surface area contributed by atoms with Crippen LogP contribution in [0.1, 0.15) is 23.2 Å². The Morgan fingerprint density at radius 1 is 0.923 bits per heavy atom. The fourth-order valence-corrected chi connectivity index (χ4v) is 7.73. The molecule has 2 saturated heterocycles. The fourth-order valence-electron chi connectivity index (χ4n) is 5.12. The number of hydrogen-bond donors (Lipinski definition) is 1. The van der Waals surface area contributed by atoms with Gasteiger partial charge in [0, 0.05) is 37.4 Å². The van der Waals surface area contributed by atoms with Crippen molar-refractivity contribution in [1.29, 1.82) is 0 Å². The summed E-state index contributed by atoms with van der Waals surface area (Å²) >= 11 is 1.36. The third kappa shape index (κ3) is 5.66. The Morgan fingerprint density at radius 3 is 2.44 bits per heavy atom. The van der Waals surface area contributed by atoms with Gasteiger partial charge in [0.15, 0.2) is 0 Å². The monoisotopic (exact) mass is 565 g/mol. The maximum atomic E-state index is 13.5. The van der Waals surface area contributed by atoms with Crippen LogP contribution in [0, 0.1) is 0 Å². The van der Waals surface area contributed by atoms with Crippen LogP contribution in [0.5, 0.6) is 5.75 Å². The third-order valence-electron chi connectivity index (χ3n) is 7.29. The predicted molar refractivity (Wildman–Crippen MR) is 154 cm³/mol. The van der Waals surface area contributed by atoms with E-state index in [9.17, 15) is 13.2 Å². The molecule has 2 fully saturated rings. The number of nitrogens with one attached hydrogen (secondary N) is 1. The summed E-state index contributed by atoms with van der Waals surface area (Å²) in [6.07, 6.45) is 1.79. The fraction of sp³-hybridized carbons (Fsp3) is 0.345. The van der Waals surface area contributed by atoms with Gasteiger partial charge in [-0.25, -0.2) is 8.42 Å². The molecule has 2 aliphatic rings. The highest BCUT2D eigenvalue weighted by Gasteiger charge is 2.27. The second-order valence-corrected chi connectivity index (χ2v) is 12.9. The first kappa shape index (κ1) is 26.2. The first-order valence-electron chi connectivity index (χ1n) is 13.3. The van der Waals surface area contributed by atoms with Crippen molar-refractivity contribution >= 4 is 53.1 Å². The summed E-state index contributed by atoms with van der Waals surface area (Å²) in [4.78, 5) is 16.1. The molecule has 10 heteroatoms. The van der Waals surface area contributed by atoms with Gasteiger partial charge in [0.05, 0.1) is 28.7 Å². The van der Waals surface area contributed by atoms with E-state index in [0.29, 0.717) is 40.9 Å². The SMILES string of the molecule is O=C(Nc1cc2ccc(S(=O)(=O)N3CCCC3)cc2s1)c1cc2ccccc2cc1OCCN1CCOCC1. The van der Waals surface area contributed by atoms with Crippen LogP contribution < -0.4 is 10.1 Å². The first-order valence-corrected chi connectivity index (χ1v) is 15.5. The number of amides is 1. The van der Waals surface area contributed by atoms with Crippen molar-refractivity contribution in [2.75, 3.05) is 57.9 Å². The van der Waals surface area contributed by atoms with Crippen LogP contribution in [0.2, 0.25) is 0 Å². The van der Waals surface area contributed by atoms with E-state index in [-0.39, 0.29) is 5.91 Å². The molecule has 0 atom stereocenters. The molecule has 39 heavy (non-hydrogen) atoms. The van der Waals surface area contributed by atoms with Crippen LogP contribution in [0.3, 0.4) is 0 Å². The van der Waals surface area contributed by atoms with Gasteiger partial charge in [0.2, 0.25) is 10.0 Å². The van der Waals surface area contributed by atoms with Gasteiger partial charge in [-0.05, 0) is 59.3 Å². The molecule has 0 unspecified atom stereocenters. The van der Waals surface area contributed by atoms with Gasteiger partial charge < -0.3 is 14.8 Å². The lowest BCUT2D eigenvalue weighted by molar-refractivity contribution is 0.0322. The Kier molecular flexibility index (Phi) is 7.55. The molecule has 204 valence electrons. The lowest BCUT2D eigenvalue weighted by Gasteiger charge is -2.26. The molecule has 1 N–H and O–H groups in total. The van der Waals surface area contributed by atoms with Crippen LogP contribution in [0.25, 0.3) is 20.9 Å². The molecule has 2 aliphatic heterocycles. The van der Waals surface area contributed by atoms with Crippen LogP contribution in [-0.2, 0) is 14.8 Å². The second-order valence-electron chi connectivity index (χ2n) is 9.87. The van der Waals surface area contributed by atoms with Crippen LogP contribution in [0.15, 0.2) is 65.6 Å². The van der Waals surface area contributed by atoms with E-state index in [4.69, 9.17) is 9.47 Å². The van der Waals surface area contributed by atoms with Crippen molar-refractivity contribution in [2.24, 2.45) is 0 Å². The Morgan fingerprint density at radius 2 is 1.67 bits per heavy atom. The summed E-state index contributed by atoms with van der Waals surface area (Å²) in [6.45, 7) is 5.56. The molecule has 6 rings (SSSR count). The van der Waals surface area contributed by atoms with E-state index in [1.807, 2.05) is 42.5 Å². The molecular weight excluding hydrogens is 534 g/mol. The number of anilines is 1. The molecule has 4 aromatic rings. The van der Waals surface area contributed by atoms with Crippen molar-refractivity contribution < 1.29 is 22.7 Å². The summed E-state index contributed by atoms with van der Waals surface area (Å²) in [7, 11) is -3.50. The summed E-state index contributed by atoms with van der Waals surface area (Å²) in [5.74, 6) is 0.276. The van der Waals surface area contributed by atoms with E-state index in [1.165, 1.54) is 11.3 Å². The molecule has 8 nitrogen and oxygen atoms in total. The normalized spacial score (nSPS) is 17.1. The lowest BCUT2D eigenvalue weighted by Crippen LogP contribution is -2.38. The minimum atomic E-state index is -3.50. The predicted octanol–water partition coefficient (Wildman–Crippen LogP) is 4.80. The largest absolute Gasteiger partial charge is 0.491 e. The van der Waals surface area contributed by atoms with Gasteiger partial charge in [-0.2, -0.15) is 4.31 Å². The van der Waals surface area contributed by atoms with Gasteiger partial charge in [-0.15, -0.1) is 11.3 Å². The average Bonchev–Trinajstić information content (AvgIpc) is 3.63. The molecule has 0 spiro atoms. The van der Waals surface area contributed by atoms with Gasteiger partial charge in [-0.3, -0.25) is 9.69 Å². The van der Waals surface area contributed by atoms with Crippen molar-refractivity contribution in [2.45, 2.75) is 17.7 Å². The Hall–Kier alpha value is -3.02. The summed E-state index contributed by atoms with van der Waals surface area (Å²) in [5, 5.41) is 6.51. The summed E-state index contributed by atoms with van der Waals surface area (Å²) < 4.78 is 40.0. The van der Waals surface area contributed by atoms with Crippen molar-refractivity contribution in [3.05, 3.63) is 66.2 Å². The second kappa shape index (κ2) is 11.2. The van der Waals surface area contributed by atoms with Crippen LogP contribution in [0.4, 0.5) is 5.00 Å². The number of benzene rings is 3. The molecule has 1 aromatic heterocycles. The number of hydrogen-bond acceptors (Lipinski definition) is 7.